The molecule has 0 spiro atoms. The molecule has 1 aliphatic rings. The quantitative estimate of drug-likeness (QED) is 0.619. The van der Waals surface area contributed by atoms with Gasteiger partial charge in [-0.05, 0) is 44.7 Å². The van der Waals surface area contributed by atoms with E-state index in [-0.39, 0.29) is 11.9 Å². The van der Waals surface area contributed by atoms with Crippen molar-refractivity contribution < 1.29 is 9.32 Å². The maximum atomic E-state index is 12.9. The van der Waals surface area contributed by atoms with Crippen LogP contribution in [-0.2, 0) is 5.75 Å². The Hall–Kier alpha value is -2.61. The van der Waals surface area contributed by atoms with Crippen LogP contribution in [0, 0.1) is 12.8 Å². The number of nitrogens with one attached hydrogen (secondary N) is 1. The van der Waals surface area contributed by atoms with Gasteiger partial charge in [-0.25, -0.2) is 9.67 Å². The normalized spacial score (nSPS) is 14.9. The van der Waals surface area contributed by atoms with Gasteiger partial charge in [0.25, 0.3) is 5.91 Å². The van der Waals surface area contributed by atoms with Gasteiger partial charge in [-0.1, -0.05) is 16.9 Å². The maximum Gasteiger partial charge on any atom is 0.259 e. The highest BCUT2D eigenvalue weighted by Gasteiger charge is 2.31. The third-order valence-corrected chi connectivity index (χ3v) is 5.69. The van der Waals surface area contributed by atoms with Crippen molar-refractivity contribution in [2.45, 2.75) is 43.5 Å². The highest BCUT2D eigenvalue weighted by atomic mass is 32.2. The number of hydrogen-bond acceptors (Lipinski definition) is 6. The summed E-state index contributed by atoms with van der Waals surface area (Å²) >= 11 is 1.46. The molecule has 1 atom stereocenters. The predicted octanol–water partition coefficient (Wildman–Crippen LogP) is 4.09. The zero-order valence-corrected chi connectivity index (χ0v) is 16.1. The van der Waals surface area contributed by atoms with Gasteiger partial charge < -0.3 is 9.84 Å². The summed E-state index contributed by atoms with van der Waals surface area (Å²) in [5.74, 6) is 2.53. The molecule has 1 saturated carbocycles. The van der Waals surface area contributed by atoms with E-state index in [1.54, 1.807) is 24.5 Å². The summed E-state index contributed by atoms with van der Waals surface area (Å²) in [6.45, 7) is 4.00. The second-order valence-corrected chi connectivity index (χ2v) is 7.73. The molecular formula is C19H21N5O2S. The minimum absolute atomic E-state index is 0.188. The average Bonchev–Trinajstić information content (AvgIpc) is 3.29. The van der Waals surface area contributed by atoms with Crippen LogP contribution < -0.4 is 5.32 Å². The first-order valence-electron chi connectivity index (χ1n) is 8.96. The van der Waals surface area contributed by atoms with Crippen LogP contribution in [0.4, 0.5) is 5.82 Å². The van der Waals surface area contributed by atoms with Crippen molar-refractivity contribution in [2.75, 3.05) is 5.32 Å². The van der Waals surface area contributed by atoms with Crippen LogP contribution in [0.15, 0.2) is 46.2 Å². The van der Waals surface area contributed by atoms with Crippen molar-refractivity contribution >= 4 is 23.5 Å². The molecule has 1 fully saturated rings. The lowest BCUT2D eigenvalue weighted by Gasteiger charge is -2.15. The molecule has 4 rings (SSSR count). The molecular weight excluding hydrogens is 362 g/mol. The minimum Gasteiger partial charge on any atom is -0.361 e. The van der Waals surface area contributed by atoms with Crippen molar-refractivity contribution in [1.82, 2.24) is 19.9 Å². The SMILES string of the molecule is Cc1cc(CSc2ncccc2C(=O)Nc2ccnn2[C@H](C)C2CC2)no1. The van der Waals surface area contributed by atoms with E-state index in [2.05, 4.69) is 27.5 Å². The maximum absolute atomic E-state index is 12.9. The van der Waals surface area contributed by atoms with Crippen molar-refractivity contribution in [3.63, 3.8) is 0 Å². The fourth-order valence-electron chi connectivity index (χ4n) is 3.01. The van der Waals surface area contributed by atoms with Crippen LogP contribution in [0.2, 0.25) is 0 Å². The van der Waals surface area contributed by atoms with Crippen LogP contribution in [0.1, 0.15) is 47.6 Å². The third-order valence-electron chi connectivity index (χ3n) is 4.65. The van der Waals surface area contributed by atoms with Gasteiger partial charge in [0.1, 0.15) is 16.6 Å². The van der Waals surface area contributed by atoms with E-state index in [0.717, 1.165) is 11.5 Å². The van der Waals surface area contributed by atoms with E-state index in [0.29, 0.717) is 28.1 Å². The number of carbonyl (C=O) groups excluding carboxylic acids is 1. The number of anilines is 1. The molecule has 0 aromatic carbocycles. The molecule has 1 aliphatic carbocycles. The topological polar surface area (TPSA) is 85.8 Å². The second-order valence-electron chi connectivity index (χ2n) is 6.77. The first kappa shape index (κ1) is 17.8. The molecule has 140 valence electrons. The molecule has 7 nitrogen and oxygen atoms in total. The van der Waals surface area contributed by atoms with E-state index in [1.807, 2.05) is 23.7 Å². The van der Waals surface area contributed by atoms with E-state index in [9.17, 15) is 4.79 Å². The molecule has 8 heteroatoms. The summed E-state index contributed by atoms with van der Waals surface area (Å²) in [4.78, 5) is 17.2. The number of pyridine rings is 1. The number of thioether (sulfide) groups is 1. The number of hydrogen-bond donors (Lipinski definition) is 1. The van der Waals surface area contributed by atoms with Crippen LogP contribution in [0.25, 0.3) is 0 Å². The summed E-state index contributed by atoms with van der Waals surface area (Å²) in [7, 11) is 0. The van der Waals surface area contributed by atoms with E-state index >= 15 is 0 Å². The number of aromatic nitrogens is 4. The Bertz CT molecular complexity index is 947. The standard InChI is InChI=1S/C19H21N5O2S/c1-12-10-15(23-26-12)11-27-19-16(4-3-8-20-19)18(25)22-17-7-9-21-24(17)13(2)14-5-6-14/h3-4,7-10,13-14H,5-6,11H2,1-2H3,(H,22,25)/t13-/m1/s1. The first-order valence-corrected chi connectivity index (χ1v) is 9.95. The monoisotopic (exact) mass is 383 g/mol. The highest BCUT2D eigenvalue weighted by Crippen LogP contribution is 2.40. The molecule has 27 heavy (non-hydrogen) atoms. The van der Waals surface area contributed by atoms with Gasteiger partial charge in [0, 0.05) is 24.1 Å². The molecule has 1 N–H and O–H groups in total. The van der Waals surface area contributed by atoms with Crippen LogP contribution >= 0.6 is 11.8 Å². The van der Waals surface area contributed by atoms with E-state index in [4.69, 9.17) is 4.52 Å². The van der Waals surface area contributed by atoms with E-state index < -0.39 is 0 Å². The molecule has 0 saturated heterocycles. The Labute approximate surface area is 161 Å². The lowest BCUT2D eigenvalue weighted by atomic mass is 10.2. The number of nitrogens with zero attached hydrogens (tertiary/aromatic N) is 4. The number of amides is 1. The zero-order valence-electron chi connectivity index (χ0n) is 15.3. The lowest BCUT2D eigenvalue weighted by molar-refractivity contribution is 0.102. The Kier molecular flexibility index (Phi) is 4.98. The van der Waals surface area contributed by atoms with Crippen LogP contribution in [-0.4, -0.2) is 25.8 Å². The molecule has 3 aromatic rings. The van der Waals surface area contributed by atoms with Gasteiger partial charge in [-0.3, -0.25) is 4.79 Å². The fourth-order valence-corrected chi connectivity index (χ4v) is 3.88. The van der Waals surface area contributed by atoms with Gasteiger partial charge in [-0.15, -0.1) is 0 Å². The largest absolute Gasteiger partial charge is 0.361 e. The fraction of sp³-hybridized carbons (Fsp3) is 0.368. The molecule has 3 aromatic heterocycles. The van der Waals surface area contributed by atoms with Crippen LogP contribution in [0.5, 0.6) is 0 Å². The van der Waals surface area contributed by atoms with Crippen molar-refractivity contribution in [1.29, 1.82) is 0 Å². The van der Waals surface area contributed by atoms with Gasteiger partial charge in [0.05, 0.1) is 23.5 Å². The van der Waals surface area contributed by atoms with E-state index in [1.165, 1.54) is 24.6 Å². The van der Waals surface area contributed by atoms with Crippen molar-refractivity contribution in [3.05, 3.63) is 53.7 Å². The van der Waals surface area contributed by atoms with Gasteiger partial charge in [-0.2, -0.15) is 5.10 Å². The second kappa shape index (κ2) is 7.56. The average molecular weight is 383 g/mol. The molecule has 0 unspecified atom stereocenters. The number of rotatable bonds is 7. The molecule has 1 amide bonds. The van der Waals surface area contributed by atoms with Crippen molar-refractivity contribution in [3.8, 4) is 0 Å². The van der Waals surface area contributed by atoms with Crippen LogP contribution in [0.3, 0.4) is 0 Å². The number of aryl methyl sites for hydroxylation is 1. The van der Waals surface area contributed by atoms with Gasteiger partial charge in [0.2, 0.25) is 0 Å². The Morgan fingerprint density at radius 3 is 3.00 bits per heavy atom. The smallest absolute Gasteiger partial charge is 0.259 e. The predicted molar refractivity (Wildman–Crippen MR) is 103 cm³/mol. The Balaban J connectivity index is 1.48. The number of carbonyl (C=O) groups is 1. The Morgan fingerprint density at radius 1 is 1.41 bits per heavy atom. The summed E-state index contributed by atoms with van der Waals surface area (Å²) < 4.78 is 6.99. The Morgan fingerprint density at radius 2 is 2.26 bits per heavy atom. The lowest BCUT2D eigenvalue weighted by Crippen LogP contribution is -2.19. The highest BCUT2D eigenvalue weighted by molar-refractivity contribution is 7.98. The third kappa shape index (κ3) is 4.05. The summed E-state index contributed by atoms with van der Waals surface area (Å²) in [5.41, 5.74) is 1.36. The molecule has 0 aliphatic heterocycles. The summed E-state index contributed by atoms with van der Waals surface area (Å²) in [6.07, 6.45) is 5.85. The van der Waals surface area contributed by atoms with Crippen molar-refractivity contribution in [2.24, 2.45) is 5.92 Å². The van der Waals surface area contributed by atoms with Gasteiger partial charge >= 0.3 is 0 Å². The zero-order chi connectivity index (χ0) is 18.8. The molecule has 0 radical (unpaired) electrons. The van der Waals surface area contributed by atoms with Gasteiger partial charge in [0.15, 0.2) is 0 Å². The molecule has 0 bridgehead atoms. The summed E-state index contributed by atoms with van der Waals surface area (Å²) in [6, 6.07) is 7.55. The summed E-state index contributed by atoms with van der Waals surface area (Å²) in [5, 5.41) is 12.0. The molecule has 3 heterocycles. The first-order chi connectivity index (χ1) is 13.1. The minimum atomic E-state index is -0.188.